The number of ether oxygens (including phenoxy) is 1. The zero-order valence-electron chi connectivity index (χ0n) is 9.15. The number of nitrogens with two attached hydrogens (primary N) is 1. The predicted molar refractivity (Wildman–Crippen MR) is 56.9 cm³/mol. The van der Waals surface area contributed by atoms with Crippen molar-refractivity contribution < 1.29 is 19.3 Å². The monoisotopic (exact) mass is 247 g/mol. The highest BCUT2D eigenvalue weighted by molar-refractivity contribution is 5.23. The van der Waals surface area contributed by atoms with Gasteiger partial charge in [0.15, 0.2) is 12.4 Å². The summed E-state index contributed by atoms with van der Waals surface area (Å²) in [6.07, 6.45) is -3.87. The molecule has 7 nitrogen and oxygen atoms in total. The highest BCUT2D eigenvalue weighted by Gasteiger charge is 2.29. The van der Waals surface area contributed by atoms with Crippen LogP contribution in [-0.2, 0) is 4.74 Å². The van der Waals surface area contributed by atoms with Gasteiger partial charge in [0, 0.05) is 13.3 Å². The fraction of sp³-hybridized carbons (Fsp3) is 0.556. The van der Waals surface area contributed by atoms with Crippen molar-refractivity contribution in [2.24, 2.45) is 0 Å². The van der Waals surface area contributed by atoms with E-state index in [1.165, 1.54) is 13.2 Å². The average molecular weight is 247 g/mol. The van der Waals surface area contributed by atoms with Crippen LogP contribution in [0.1, 0.15) is 6.23 Å². The lowest BCUT2D eigenvalue weighted by atomic mass is 10.2. The molecule has 8 heteroatoms. The third-order valence-electron chi connectivity index (χ3n) is 2.26. The van der Waals surface area contributed by atoms with Gasteiger partial charge in [-0.05, 0) is 6.07 Å². The standard InChI is InChI=1S/C9H14FN3O4/c1-17-5(4-14)7(10)8(15)13-3-2-6(11)12-9(13)16/h2-3,5,7-8,14-15H,4H2,1H3,(H2,11,12,16)/t5-,7-,8-/m1/s1. The number of alkyl halides is 1. The molecular formula is C9H14FN3O4. The molecule has 1 rings (SSSR count). The van der Waals surface area contributed by atoms with Crippen LogP contribution >= 0.6 is 0 Å². The molecule has 1 aromatic rings. The fourth-order valence-electron chi connectivity index (χ4n) is 1.28. The molecule has 1 heterocycles. The second kappa shape index (κ2) is 5.71. The maximum absolute atomic E-state index is 13.7. The molecule has 0 amide bonds. The molecule has 0 spiro atoms. The van der Waals surface area contributed by atoms with E-state index < -0.39 is 30.8 Å². The Balaban J connectivity index is 2.95. The second-order valence-corrected chi connectivity index (χ2v) is 3.36. The van der Waals surface area contributed by atoms with Crippen LogP contribution in [0, 0.1) is 0 Å². The Morgan fingerprint density at radius 1 is 1.71 bits per heavy atom. The van der Waals surface area contributed by atoms with Crippen molar-refractivity contribution >= 4 is 5.82 Å². The summed E-state index contributed by atoms with van der Waals surface area (Å²) < 4.78 is 19.0. The highest BCUT2D eigenvalue weighted by Crippen LogP contribution is 2.15. The van der Waals surface area contributed by atoms with Crippen LogP contribution in [0.5, 0.6) is 0 Å². The molecule has 0 bridgehead atoms. The Bertz CT molecular complexity index is 421. The van der Waals surface area contributed by atoms with E-state index in [0.717, 1.165) is 6.20 Å². The van der Waals surface area contributed by atoms with Crippen molar-refractivity contribution in [3.05, 3.63) is 22.7 Å². The van der Waals surface area contributed by atoms with Crippen LogP contribution in [0.4, 0.5) is 10.2 Å². The number of nitrogens with zero attached hydrogens (tertiary/aromatic N) is 2. The molecule has 96 valence electrons. The summed E-state index contributed by atoms with van der Waals surface area (Å²) in [5.74, 6) is -0.0284. The van der Waals surface area contributed by atoms with Gasteiger partial charge < -0.3 is 20.7 Å². The molecule has 0 aliphatic rings. The lowest BCUT2D eigenvalue weighted by Crippen LogP contribution is -2.39. The number of aliphatic hydroxyl groups is 2. The van der Waals surface area contributed by atoms with Crippen molar-refractivity contribution in [3.8, 4) is 0 Å². The molecule has 0 radical (unpaired) electrons. The molecule has 0 saturated heterocycles. The SMILES string of the molecule is CO[C@H](CO)[C@@H](F)[C@@H](O)n1ccc(N)nc1=O. The number of aromatic nitrogens is 2. The zero-order chi connectivity index (χ0) is 13.0. The Labute approximate surface area is 96.3 Å². The molecule has 17 heavy (non-hydrogen) atoms. The molecule has 3 atom stereocenters. The molecule has 0 aliphatic heterocycles. The first-order valence-corrected chi connectivity index (χ1v) is 4.81. The van der Waals surface area contributed by atoms with Crippen molar-refractivity contribution in [1.29, 1.82) is 0 Å². The van der Waals surface area contributed by atoms with Crippen LogP contribution in [0.3, 0.4) is 0 Å². The third-order valence-corrected chi connectivity index (χ3v) is 2.26. The molecule has 0 aliphatic carbocycles. The topological polar surface area (TPSA) is 111 Å². The number of hydrogen-bond donors (Lipinski definition) is 3. The van der Waals surface area contributed by atoms with E-state index >= 15 is 0 Å². The van der Waals surface area contributed by atoms with Crippen LogP contribution in [0.15, 0.2) is 17.1 Å². The Morgan fingerprint density at radius 3 is 2.82 bits per heavy atom. The van der Waals surface area contributed by atoms with E-state index in [-0.39, 0.29) is 5.82 Å². The summed E-state index contributed by atoms with van der Waals surface area (Å²) in [7, 11) is 1.18. The third kappa shape index (κ3) is 2.99. The molecule has 0 aromatic carbocycles. The van der Waals surface area contributed by atoms with E-state index in [0.29, 0.717) is 4.57 Å². The number of nitrogen functional groups attached to an aromatic ring is 1. The minimum Gasteiger partial charge on any atom is -0.394 e. The highest BCUT2D eigenvalue weighted by atomic mass is 19.1. The molecule has 0 fully saturated rings. The van der Waals surface area contributed by atoms with Gasteiger partial charge in [0.1, 0.15) is 11.9 Å². The fourth-order valence-corrected chi connectivity index (χ4v) is 1.28. The summed E-state index contributed by atoms with van der Waals surface area (Å²) in [5.41, 5.74) is 4.37. The smallest absolute Gasteiger partial charge is 0.351 e. The van der Waals surface area contributed by atoms with Gasteiger partial charge in [-0.2, -0.15) is 4.98 Å². The lowest BCUT2D eigenvalue weighted by molar-refractivity contribution is -0.0819. The first-order chi connectivity index (χ1) is 8.01. The zero-order valence-corrected chi connectivity index (χ0v) is 9.15. The van der Waals surface area contributed by atoms with E-state index in [9.17, 15) is 14.3 Å². The summed E-state index contributed by atoms with van der Waals surface area (Å²) in [6, 6.07) is 1.25. The van der Waals surface area contributed by atoms with Crippen LogP contribution < -0.4 is 11.4 Å². The molecular weight excluding hydrogens is 233 g/mol. The van der Waals surface area contributed by atoms with Gasteiger partial charge in [0.2, 0.25) is 0 Å². The average Bonchev–Trinajstić information content (AvgIpc) is 2.29. The van der Waals surface area contributed by atoms with Gasteiger partial charge in [-0.1, -0.05) is 0 Å². The van der Waals surface area contributed by atoms with Crippen LogP contribution in [-0.4, -0.2) is 45.8 Å². The summed E-state index contributed by atoms with van der Waals surface area (Å²) in [6.45, 7) is -0.619. The summed E-state index contributed by atoms with van der Waals surface area (Å²) in [5, 5.41) is 18.4. The number of methoxy groups -OCH3 is 1. The van der Waals surface area contributed by atoms with Crippen LogP contribution in [0.2, 0.25) is 0 Å². The van der Waals surface area contributed by atoms with Gasteiger partial charge in [0.25, 0.3) is 0 Å². The predicted octanol–water partition coefficient (Wildman–Crippen LogP) is -1.34. The number of anilines is 1. The lowest BCUT2D eigenvalue weighted by Gasteiger charge is -2.23. The van der Waals surface area contributed by atoms with Gasteiger partial charge in [-0.15, -0.1) is 0 Å². The van der Waals surface area contributed by atoms with Gasteiger partial charge in [-0.25, -0.2) is 9.18 Å². The molecule has 0 saturated carbocycles. The first-order valence-electron chi connectivity index (χ1n) is 4.81. The number of aliphatic hydroxyl groups excluding tert-OH is 2. The van der Waals surface area contributed by atoms with Gasteiger partial charge >= 0.3 is 5.69 Å². The summed E-state index contributed by atoms with van der Waals surface area (Å²) >= 11 is 0. The second-order valence-electron chi connectivity index (χ2n) is 3.36. The largest absolute Gasteiger partial charge is 0.394 e. The van der Waals surface area contributed by atoms with E-state index in [1.807, 2.05) is 0 Å². The molecule has 1 aromatic heterocycles. The van der Waals surface area contributed by atoms with Crippen molar-refractivity contribution in [3.63, 3.8) is 0 Å². The Morgan fingerprint density at radius 2 is 2.35 bits per heavy atom. The van der Waals surface area contributed by atoms with E-state index in [2.05, 4.69) is 9.72 Å². The minimum atomic E-state index is -1.96. The summed E-state index contributed by atoms with van der Waals surface area (Å²) in [4.78, 5) is 14.7. The number of hydrogen-bond acceptors (Lipinski definition) is 6. The van der Waals surface area contributed by atoms with Crippen molar-refractivity contribution in [2.45, 2.75) is 18.5 Å². The normalized spacial score (nSPS) is 16.5. The quantitative estimate of drug-likeness (QED) is 0.594. The maximum Gasteiger partial charge on any atom is 0.351 e. The van der Waals surface area contributed by atoms with Crippen LogP contribution in [0.25, 0.3) is 0 Å². The van der Waals surface area contributed by atoms with Gasteiger partial charge in [0.05, 0.1) is 6.61 Å². The Kier molecular flexibility index (Phi) is 4.55. The Hall–Kier alpha value is -1.51. The number of halogens is 1. The first kappa shape index (κ1) is 13.6. The van der Waals surface area contributed by atoms with E-state index in [4.69, 9.17) is 10.8 Å². The number of rotatable bonds is 5. The van der Waals surface area contributed by atoms with Crippen molar-refractivity contribution in [1.82, 2.24) is 9.55 Å². The van der Waals surface area contributed by atoms with Gasteiger partial charge in [-0.3, -0.25) is 4.57 Å². The minimum absolute atomic E-state index is 0.0284. The maximum atomic E-state index is 13.7. The van der Waals surface area contributed by atoms with Crippen molar-refractivity contribution in [2.75, 3.05) is 19.5 Å². The molecule has 0 unspecified atom stereocenters. The molecule has 4 N–H and O–H groups in total. The van der Waals surface area contributed by atoms with E-state index in [1.54, 1.807) is 0 Å².